The van der Waals surface area contributed by atoms with E-state index in [0.29, 0.717) is 17.8 Å². The summed E-state index contributed by atoms with van der Waals surface area (Å²) >= 11 is 0. The Morgan fingerprint density at radius 1 is 1.13 bits per heavy atom. The average Bonchev–Trinajstić information content (AvgIpc) is 2.52. The lowest BCUT2D eigenvalue weighted by Crippen LogP contribution is -2.01. The van der Waals surface area contributed by atoms with E-state index >= 15 is 0 Å². The second-order valence-electron chi connectivity index (χ2n) is 5.86. The molecule has 0 aromatic heterocycles. The van der Waals surface area contributed by atoms with Crippen molar-refractivity contribution in [1.82, 2.24) is 0 Å². The third-order valence-corrected chi connectivity index (χ3v) is 3.59. The largest absolute Gasteiger partial charge is 0.478 e. The fourth-order valence-corrected chi connectivity index (χ4v) is 2.61. The van der Waals surface area contributed by atoms with E-state index in [1.807, 2.05) is 18.2 Å². The molecule has 0 bridgehead atoms. The number of carbonyl (C=O) groups is 2. The third-order valence-electron chi connectivity index (χ3n) is 3.59. The van der Waals surface area contributed by atoms with E-state index < -0.39 is 5.97 Å². The predicted molar refractivity (Wildman–Crippen MR) is 92.5 cm³/mol. The Kier molecular flexibility index (Phi) is 5.47. The maximum atomic E-state index is 11.4. The first-order valence-corrected chi connectivity index (χ1v) is 7.60. The summed E-state index contributed by atoms with van der Waals surface area (Å²) in [7, 11) is 0. The van der Waals surface area contributed by atoms with Crippen LogP contribution in [-0.4, -0.2) is 17.4 Å². The van der Waals surface area contributed by atoms with E-state index in [-0.39, 0.29) is 5.56 Å². The number of carboxylic acid groups (broad SMARTS) is 1. The molecule has 0 unspecified atom stereocenters. The van der Waals surface area contributed by atoms with Crippen LogP contribution in [0.2, 0.25) is 0 Å². The van der Waals surface area contributed by atoms with Crippen molar-refractivity contribution in [2.45, 2.75) is 20.3 Å². The minimum Gasteiger partial charge on any atom is -0.478 e. The molecule has 3 heteroatoms. The predicted octanol–water partition coefficient (Wildman–Crippen LogP) is 4.46. The average molecular weight is 308 g/mol. The normalized spacial score (nSPS) is 11.1. The second kappa shape index (κ2) is 7.54. The fourth-order valence-electron chi connectivity index (χ4n) is 2.61. The number of aromatic carboxylic acids is 1. The van der Waals surface area contributed by atoms with Crippen molar-refractivity contribution in [3.05, 3.63) is 65.2 Å². The van der Waals surface area contributed by atoms with Gasteiger partial charge in [0.05, 0.1) is 5.56 Å². The zero-order valence-corrected chi connectivity index (χ0v) is 13.3. The topological polar surface area (TPSA) is 54.4 Å². The molecule has 0 aliphatic carbocycles. The van der Waals surface area contributed by atoms with Gasteiger partial charge in [0, 0.05) is 0 Å². The van der Waals surface area contributed by atoms with Gasteiger partial charge in [0.25, 0.3) is 0 Å². The number of rotatable bonds is 6. The highest BCUT2D eigenvalue weighted by Crippen LogP contribution is 2.28. The monoisotopic (exact) mass is 308 g/mol. The molecule has 0 atom stereocenters. The molecule has 3 nitrogen and oxygen atoms in total. The molecule has 118 valence electrons. The fraction of sp³-hybridized carbons (Fsp3) is 0.200. The van der Waals surface area contributed by atoms with Crippen LogP contribution in [0, 0.1) is 5.92 Å². The molecule has 23 heavy (non-hydrogen) atoms. The summed E-state index contributed by atoms with van der Waals surface area (Å²) in [5, 5.41) is 9.36. The number of benzene rings is 2. The van der Waals surface area contributed by atoms with Crippen molar-refractivity contribution < 1.29 is 14.7 Å². The van der Waals surface area contributed by atoms with E-state index in [0.717, 1.165) is 17.5 Å². The van der Waals surface area contributed by atoms with Gasteiger partial charge in [-0.3, -0.25) is 4.79 Å². The number of carboxylic acids is 1. The first-order chi connectivity index (χ1) is 11.0. The Hall–Kier alpha value is -2.68. The van der Waals surface area contributed by atoms with E-state index in [4.69, 9.17) is 0 Å². The molecule has 2 rings (SSSR count). The van der Waals surface area contributed by atoms with Crippen molar-refractivity contribution in [1.29, 1.82) is 0 Å². The SMILES string of the molecule is CC(C)Cc1ccc(-c2cccc(C(=O)O)c2C=CC=O)cc1. The zero-order valence-electron chi connectivity index (χ0n) is 13.3. The molecule has 0 saturated carbocycles. The quantitative estimate of drug-likeness (QED) is 0.633. The van der Waals surface area contributed by atoms with Gasteiger partial charge in [0.2, 0.25) is 0 Å². The van der Waals surface area contributed by atoms with Gasteiger partial charge < -0.3 is 5.11 Å². The highest BCUT2D eigenvalue weighted by atomic mass is 16.4. The van der Waals surface area contributed by atoms with Crippen LogP contribution in [0.15, 0.2) is 48.5 Å². The molecular weight excluding hydrogens is 288 g/mol. The standard InChI is InChI=1S/C20H20O3/c1-14(2)13-15-8-10-16(11-9-15)17-5-3-6-19(20(22)23)18(17)7-4-12-21/h3-12,14H,13H2,1-2H3,(H,22,23). The maximum Gasteiger partial charge on any atom is 0.336 e. The van der Waals surface area contributed by atoms with Gasteiger partial charge in [-0.15, -0.1) is 0 Å². The molecule has 1 N–H and O–H groups in total. The summed E-state index contributed by atoms with van der Waals surface area (Å²) in [6.45, 7) is 4.35. The van der Waals surface area contributed by atoms with Crippen molar-refractivity contribution in [2.24, 2.45) is 5.92 Å². The van der Waals surface area contributed by atoms with Gasteiger partial charge in [-0.1, -0.05) is 56.3 Å². The number of carbonyl (C=O) groups excluding carboxylic acids is 1. The summed E-state index contributed by atoms with van der Waals surface area (Å²) in [5.74, 6) is -0.420. The Balaban J connectivity index is 2.49. The molecule has 0 amide bonds. The van der Waals surface area contributed by atoms with Crippen LogP contribution in [0.1, 0.15) is 35.3 Å². The number of hydrogen-bond donors (Lipinski definition) is 1. The van der Waals surface area contributed by atoms with Gasteiger partial charge in [-0.05, 0) is 46.7 Å². The van der Waals surface area contributed by atoms with Gasteiger partial charge in [-0.25, -0.2) is 4.79 Å². The smallest absolute Gasteiger partial charge is 0.336 e. The minimum absolute atomic E-state index is 0.187. The number of allylic oxidation sites excluding steroid dienone is 1. The summed E-state index contributed by atoms with van der Waals surface area (Å²) in [4.78, 5) is 22.0. The van der Waals surface area contributed by atoms with E-state index in [1.54, 1.807) is 18.2 Å². The Labute approximate surface area is 136 Å². The van der Waals surface area contributed by atoms with Crippen LogP contribution in [0.5, 0.6) is 0 Å². The highest BCUT2D eigenvalue weighted by Gasteiger charge is 2.13. The molecule has 2 aromatic carbocycles. The van der Waals surface area contributed by atoms with E-state index in [2.05, 4.69) is 26.0 Å². The van der Waals surface area contributed by atoms with Crippen LogP contribution in [0.3, 0.4) is 0 Å². The molecule has 0 aliphatic rings. The van der Waals surface area contributed by atoms with Gasteiger partial charge >= 0.3 is 5.97 Å². The van der Waals surface area contributed by atoms with Crippen molar-refractivity contribution in [3.8, 4) is 11.1 Å². The molecular formula is C20H20O3. The maximum absolute atomic E-state index is 11.4. The van der Waals surface area contributed by atoms with Crippen LogP contribution in [-0.2, 0) is 11.2 Å². The Morgan fingerprint density at radius 3 is 2.39 bits per heavy atom. The highest BCUT2D eigenvalue weighted by molar-refractivity contribution is 5.97. The lowest BCUT2D eigenvalue weighted by atomic mass is 9.93. The molecule has 0 radical (unpaired) electrons. The van der Waals surface area contributed by atoms with Crippen LogP contribution in [0.25, 0.3) is 17.2 Å². The van der Waals surface area contributed by atoms with Crippen LogP contribution in [0.4, 0.5) is 0 Å². The van der Waals surface area contributed by atoms with Crippen LogP contribution < -0.4 is 0 Å². The van der Waals surface area contributed by atoms with Gasteiger partial charge in [-0.2, -0.15) is 0 Å². The first-order valence-electron chi connectivity index (χ1n) is 7.60. The van der Waals surface area contributed by atoms with E-state index in [9.17, 15) is 14.7 Å². The molecule has 0 spiro atoms. The third kappa shape index (κ3) is 4.16. The summed E-state index contributed by atoms with van der Waals surface area (Å²) in [5.41, 5.74) is 3.73. The lowest BCUT2D eigenvalue weighted by molar-refractivity contribution is -0.104. The van der Waals surface area contributed by atoms with Crippen LogP contribution >= 0.6 is 0 Å². The van der Waals surface area contributed by atoms with Crippen molar-refractivity contribution >= 4 is 18.3 Å². The Bertz CT molecular complexity index is 725. The van der Waals surface area contributed by atoms with Crippen molar-refractivity contribution in [2.75, 3.05) is 0 Å². The van der Waals surface area contributed by atoms with E-state index in [1.165, 1.54) is 11.6 Å². The Morgan fingerprint density at radius 2 is 1.83 bits per heavy atom. The summed E-state index contributed by atoms with van der Waals surface area (Å²) in [6, 6.07) is 13.3. The summed E-state index contributed by atoms with van der Waals surface area (Å²) < 4.78 is 0. The minimum atomic E-state index is -1.01. The molecule has 2 aromatic rings. The number of aldehydes is 1. The second-order valence-corrected chi connectivity index (χ2v) is 5.86. The number of hydrogen-bond acceptors (Lipinski definition) is 2. The molecule has 0 fully saturated rings. The first kappa shape index (κ1) is 16.7. The lowest BCUT2D eigenvalue weighted by Gasteiger charge is -2.11. The zero-order chi connectivity index (χ0) is 16.8. The van der Waals surface area contributed by atoms with Gasteiger partial charge in [0.1, 0.15) is 6.29 Å². The van der Waals surface area contributed by atoms with Crippen molar-refractivity contribution in [3.63, 3.8) is 0 Å². The molecule has 0 heterocycles. The summed E-state index contributed by atoms with van der Waals surface area (Å²) in [6.07, 6.45) is 4.52. The molecule has 0 saturated heterocycles. The molecule has 0 aliphatic heterocycles. The van der Waals surface area contributed by atoms with Gasteiger partial charge in [0.15, 0.2) is 0 Å².